The van der Waals surface area contributed by atoms with E-state index in [-0.39, 0.29) is 5.41 Å². The van der Waals surface area contributed by atoms with Crippen molar-refractivity contribution in [1.29, 1.82) is 0 Å². The SMILES string of the molecule is CC=C1CN2CC[C@@]34C(=Nc5ccccc53)C(=CNNc3ccccc3)[C@H]1C[C@H]24. The standard InChI is InChI=1S/C25H26N4/c1-2-17-16-29-13-12-25-21-10-6-7-11-22(21)27-24(25)20(19(17)14-23(25)29)15-26-28-18-8-4-3-5-9-18/h2-11,15,19,23,26,28H,12-14,16H2,1H3/t19-,23-,25+/m0/s1. The molecule has 0 aromatic heterocycles. The number of benzene rings is 2. The molecule has 2 N–H and O–H groups in total. The number of hydrogen-bond donors (Lipinski definition) is 2. The summed E-state index contributed by atoms with van der Waals surface area (Å²) in [4.78, 5) is 7.93. The van der Waals surface area contributed by atoms with E-state index in [1.54, 1.807) is 0 Å². The van der Waals surface area contributed by atoms with Crippen molar-refractivity contribution < 1.29 is 0 Å². The Morgan fingerprint density at radius 1 is 1.10 bits per heavy atom. The predicted octanol–water partition coefficient (Wildman–Crippen LogP) is 4.57. The van der Waals surface area contributed by atoms with Crippen LogP contribution in [0.2, 0.25) is 0 Å². The van der Waals surface area contributed by atoms with Gasteiger partial charge in [0.25, 0.3) is 0 Å². The summed E-state index contributed by atoms with van der Waals surface area (Å²) in [6.45, 7) is 4.43. The fourth-order valence-electron chi connectivity index (χ4n) is 6.09. The minimum atomic E-state index is 0.0621. The Morgan fingerprint density at radius 2 is 1.93 bits per heavy atom. The average Bonchev–Trinajstić information content (AvgIpc) is 3.32. The molecular weight excluding hydrogens is 356 g/mol. The van der Waals surface area contributed by atoms with Gasteiger partial charge in [-0.3, -0.25) is 9.89 Å². The summed E-state index contributed by atoms with van der Waals surface area (Å²) in [7, 11) is 0. The van der Waals surface area contributed by atoms with E-state index in [4.69, 9.17) is 4.99 Å². The van der Waals surface area contributed by atoms with Crippen LogP contribution in [0.5, 0.6) is 0 Å². The van der Waals surface area contributed by atoms with Crippen molar-refractivity contribution in [2.45, 2.75) is 31.2 Å². The molecule has 4 heteroatoms. The van der Waals surface area contributed by atoms with Gasteiger partial charge in [-0.25, -0.2) is 0 Å². The van der Waals surface area contributed by atoms with E-state index < -0.39 is 0 Å². The van der Waals surface area contributed by atoms with Crippen LogP contribution in [0.4, 0.5) is 11.4 Å². The van der Waals surface area contributed by atoms with Crippen molar-refractivity contribution in [1.82, 2.24) is 10.3 Å². The number of fused-ring (bicyclic) bond motifs is 2. The second-order valence-corrected chi connectivity index (χ2v) is 8.57. The molecule has 0 unspecified atom stereocenters. The lowest BCUT2D eigenvalue weighted by molar-refractivity contribution is 0.179. The van der Waals surface area contributed by atoms with E-state index in [1.807, 2.05) is 18.2 Å². The van der Waals surface area contributed by atoms with E-state index in [0.29, 0.717) is 12.0 Å². The first-order valence-electron chi connectivity index (χ1n) is 10.7. The first kappa shape index (κ1) is 17.0. The number of rotatable bonds is 3. The molecule has 1 spiro atoms. The first-order valence-corrected chi connectivity index (χ1v) is 10.7. The Labute approximate surface area is 172 Å². The van der Waals surface area contributed by atoms with Gasteiger partial charge in [-0.05, 0) is 49.1 Å². The lowest BCUT2D eigenvalue weighted by atomic mass is 9.59. The van der Waals surface area contributed by atoms with Crippen molar-refractivity contribution in [3.63, 3.8) is 0 Å². The highest BCUT2D eigenvalue weighted by atomic mass is 15.3. The highest BCUT2D eigenvalue weighted by Gasteiger charge is 2.61. The second-order valence-electron chi connectivity index (χ2n) is 8.57. The Hall–Kier alpha value is -2.85. The van der Waals surface area contributed by atoms with Crippen molar-refractivity contribution in [3.8, 4) is 0 Å². The van der Waals surface area contributed by atoms with E-state index in [2.05, 4.69) is 71.3 Å². The van der Waals surface area contributed by atoms with Crippen LogP contribution in [0.25, 0.3) is 0 Å². The second kappa shape index (κ2) is 6.33. The molecule has 0 radical (unpaired) electrons. The summed E-state index contributed by atoms with van der Waals surface area (Å²) in [5.74, 6) is 0.450. The number of aliphatic imine (C=N–C) groups is 1. The Kier molecular flexibility index (Phi) is 3.72. The minimum absolute atomic E-state index is 0.0621. The van der Waals surface area contributed by atoms with Gasteiger partial charge in [0.05, 0.1) is 22.5 Å². The van der Waals surface area contributed by atoms with Gasteiger partial charge in [-0.1, -0.05) is 48.0 Å². The fourth-order valence-corrected chi connectivity index (χ4v) is 6.09. The number of hydrogen-bond acceptors (Lipinski definition) is 4. The molecule has 4 nitrogen and oxygen atoms in total. The maximum Gasteiger partial charge on any atom is 0.0675 e. The summed E-state index contributed by atoms with van der Waals surface area (Å²) in [6.07, 6.45) is 6.86. The Bertz CT molecular complexity index is 1050. The Balaban J connectivity index is 1.44. The van der Waals surface area contributed by atoms with Gasteiger partial charge >= 0.3 is 0 Å². The quantitative estimate of drug-likeness (QED) is 0.604. The summed E-state index contributed by atoms with van der Waals surface area (Å²) >= 11 is 0. The highest BCUT2D eigenvalue weighted by Crippen LogP contribution is 2.59. The number of para-hydroxylation sites is 2. The van der Waals surface area contributed by atoms with Crippen LogP contribution >= 0.6 is 0 Å². The molecular formula is C25H26N4. The third kappa shape index (κ3) is 2.32. The van der Waals surface area contributed by atoms with Crippen LogP contribution in [0.15, 0.2) is 83.0 Å². The van der Waals surface area contributed by atoms with Gasteiger partial charge < -0.3 is 10.9 Å². The fraction of sp³-hybridized carbons (Fsp3) is 0.320. The van der Waals surface area contributed by atoms with Crippen molar-refractivity contribution in [2.24, 2.45) is 10.9 Å². The Morgan fingerprint density at radius 3 is 2.79 bits per heavy atom. The number of hydrazine groups is 1. The van der Waals surface area contributed by atoms with Gasteiger partial charge in [0, 0.05) is 31.2 Å². The van der Waals surface area contributed by atoms with E-state index in [9.17, 15) is 0 Å². The van der Waals surface area contributed by atoms with Crippen LogP contribution in [0.1, 0.15) is 25.3 Å². The third-order valence-corrected chi connectivity index (χ3v) is 7.37. The molecule has 2 aromatic rings. The monoisotopic (exact) mass is 382 g/mol. The molecule has 2 aromatic carbocycles. The lowest BCUT2D eigenvalue weighted by Gasteiger charge is -2.49. The van der Waals surface area contributed by atoms with Crippen LogP contribution in [0, 0.1) is 5.92 Å². The first-order chi connectivity index (χ1) is 14.3. The number of nitrogens with one attached hydrogen (secondary N) is 2. The molecule has 146 valence electrons. The van der Waals surface area contributed by atoms with E-state index in [1.165, 1.54) is 41.0 Å². The van der Waals surface area contributed by atoms with Crippen LogP contribution < -0.4 is 10.9 Å². The maximum atomic E-state index is 5.23. The topological polar surface area (TPSA) is 39.7 Å². The molecule has 1 saturated carbocycles. The van der Waals surface area contributed by atoms with Crippen molar-refractivity contribution in [2.75, 3.05) is 18.5 Å². The molecule has 0 amide bonds. The van der Waals surface area contributed by atoms with Gasteiger partial charge in [0.15, 0.2) is 0 Å². The minimum Gasteiger partial charge on any atom is -0.308 e. The normalized spacial score (nSPS) is 32.1. The van der Waals surface area contributed by atoms with Gasteiger partial charge in [-0.2, -0.15) is 0 Å². The average molecular weight is 383 g/mol. The van der Waals surface area contributed by atoms with Crippen molar-refractivity contribution in [3.05, 3.63) is 83.6 Å². The third-order valence-electron chi connectivity index (χ3n) is 7.37. The molecule has 3 atom stereocenters. The van der Waals surface area contributed by atoms with E-state index in [0.717, 1.165) is 18.8 Å². The number of allylic oxidation sites excluding steroid dienone is 2. The molecule has 3 fully saturated rings. The predicted molar refractivity (Wildman–Crippen MR) is 118 cm³/mol. The smallest absolute Gasteiger partial charge is 0.0675 e. The molecule has 1 aliphatic carbocycles. The van der Waals surface area contributed by atoms with Gasteiger partial charge in [-0.15, -0.1) is 0 Å². The zero-order valence-corrected chi connectivity index (χ0v) is 16.7. The van der Waals surface area contributed by atoms with Gasteiger partial charge in [0.1, 0.15) is 0 Å². The number of anilines is 1. The van der Waals surface area contributed by atoms with E-state index >= 15 is 0 Å². The van der Waals surface area contributed by atoms with Crippen LogP contribution in [-0.2, 0) is 5.41 Å². The molecule has 4 aliphatic rings. The molecule has 6 rings (SSSR count). The summed E-state index contributed by atoms with van der Waals surface area (Å²) < 4.78 is 0. The zero-order chi connectivity index (χ0) is 19.4. The lowest BCUT2D eigenvalue weighted by Crippen LogP contribution is -2.56. The highest BCUT2D eigenvalue weighted by molar-refractivity contribution is 6.15. The number of piperidine rings is 1. The summed E-state index contributed by atoms with van der Waals surface area (Å²) in [5, 5.41) is 0. The maximum absolute atomic E-state index is 5.23. The van der Waals surface area contributed by atoms with Crippen molar-refractivity contribution >= 4 is 17.1 Å². The van der Waals surface area contributed by atoms with Gasteiger partial charge in [0.2, 0.25) is 0 Å². The largest absolute Gasteiger partial charge is 0.308 e. The van der Waals surface area contributed by atoms with Crippen LogP contribution in [-0.4, -0.2) is 29.7 Å². The molecule has 3 heterocycles. The molecule has 2 bridgehead atoms. The summed E-state index contributed by atoms with van der Waals surface area (Å²) in [5.41, 5.74) is 14.6. The molecule has 3 aliphatic heterocycles. The summed E-state index contributed by atoms with van der Waals surface area (Å²) in [6, 6.07) is 19.6. The molecule has 2 saturated heterocycles. The number of nitrogens with zero attached hydrogens (tertiary/aromatic N) is 2. The zero-order valence-electron chi connectivity index (χ0n) is 16.7. The van der Waals surface area contributed by atoms with Crippen LogP contribution in [0.3, 0.4) is 0 Å². The molecule has 29 heavy (non-hydrogen) atoms.